The Morgan fingerprint density at radius 2 is 1.77 bits per heavy atom. The third-order valence-electron chi connectivity index (χ3n) is 5.11. The first-order chi connectivity index (χ1) is 15.3. The average molecular weight is 407 g/mol. The van der Waals surface area contributed by atoms with Gasteiger partial charge in [0.2, 0.25) is 0 Å². The van der Waals surface area contributed by atoms with Crippen molar-refractivity contribution >= 4 is 22.4 Å². The molecule has 0 aliphatic rings. The summed E-state index contributed by atoms with van der Waals surface area (Å²) in [5.41, 5.74) is 5.05. The summed E-state index contributed by atoms with van der Waals surface area (Å²) in [4.78, 5) is 13.1. The van der Waals surface area contributed by atoms with E-state index in [0.717, 1.165) is 45.0 Å². The lowest BCUT2D eigenvalue weighted by atomic mass is 10.1. The highest BCUT2D eigenvalue weighted by atomic mass is 16.5. The van der Waals surface area contributed by atoms with Gasteiger partial charge in [0.1, 0.15) is 24.5 Å². The van der Waals surface area contributed by atoms with E-state index in [1.54, 1.807) is 12.7 Å². The summed E-state index contributed by atoms with van der Waals surface area (Å²) in [6.45, 7) is 0.543. The van der Waals surface area contributed by atoms with Gasteiger partial charge < -0.3 is 14.6 Å². The molecule has 5 rings (SSSR count). The van der Waals surface area contributed by atoms with E-state index in [-0.39, 0.29) is 0 Å². The zero-order valence-electron chi connectivity index (χ0n) is 17.1. The van der Waals surface area contributed by atoms with Crippen LogP contribution in [0.3, 0.4) is 0 Å². The Balaban J connectivity index is 1.36. The number of fused-ring (bicyclic) bond motifs is 1. The number of anilines is 2. The minimum atomic E-state index is 0.543. The molecule has 0 spiro atoms. The van der Waals surface area contributed by atoms with E-state index in [0.29, 0.717) is 6.61 Å². The van der Waals surface area contributed by atoms with Crippen molar-refractivity contribution in [2.75, 3.05) is 5.32 Å². The summed E-state index contributed by atoms with van der Waals surface area (Å²) in [6, 6.07) is 24.2. The van der Waals surface area contributed by atoms with Gasteiger partial charge in [-0.25, -0.2) is 15.0 Å². The molecule has 0 radical (unpaired) electrons. The van der Waals surface area contributed by atoms with Crippen molar-refractivity contribution in [3.63, 3.8) is 0 Å². The summed E-state index contributed by atoms with van der Waals surface area (Å²) in [7, 11) is 1.98. The smallest absolute Gasteiger partial charge is 0.141 e. The Hall–Kier alpha value is -4.19. The first kappa shape index (κ1) is 18.8. The van der Waals surface area contributed by atoms with Crippen LogP contribution in [0.5, 0.6) is 5.75 Å². The quantitative estimate of drug-likeness (QED) is 0.411. The van der Waals surface area contributed by atoms with Crippen molar-refractivity contribution in [3.05, 3.63) is 97.2 Å². The van der Waals surface area contributed by atoms with Gasteiger partial charge in [-0.1, -0.05) is 36.4 Å². The van der Waals surface area contributed by atoms with Crippen molar-refractivity contribution in [2.45, 2.75) is 6.61 Å². The fourth-order valence-corrected chi connectivity index (χ4v) is 3.46. The molecule has 1 N–H and O–H groups in total. The van der Waals surface area contributed by atoms with Gasteiger partial charge in [-0.05, 0) is 42.0 Å². The minimum Gasteiger partial charge on any atom is -0.489 e. The Morgan fingerprint density at radius 1 is 0.935 bits per heavy atom. The number of nitrogens with one attached hydrogen (secondary N) is 1. The van der Waals surface area contributed by atoms with Crippen LogP contribution in [-0.2, 0) is 13.7 Å². The van der Waals surface area contributed by atoms with E-state index >= 15 is 0 Å². The molecule has 31 heavy (non-hydrogen) atoms. The molecule has 0 saturated carbocycles. The molecular formula is C25H21N5O. The topological polar surface area (TPSA) is 64.9 Å². The van der Waals surface area contributed by atoms with Gasteiger partial charge in [0, 0.05) is 23.7 Å². The molecule has 0 aliphatic heterocycles. The lowest BCUT2D eigenvalue weighted by Gasteiger charge is -2.11. The van der Waals surface area contributed by atoms with Crippen molar-refractivity contribution in [1.82, 2.24) is 19.5 Å². The Labute approximate surface area is 180 Å². The summed E-state index contributed by atoms with van der Waals surface area (Å²) in [5, 5.41) is 4.36. The molecule has 6 heteroatoms. The van der Waals surface area contributed by atoms with Gasteiger partial charge in [-0.15, -0.1) is 0 Å². The molecular weight excluding hydrogens is 386 g/mol. The second kappa shape index (κ2) is 8.28. The van der Waals surface area contributed by atoms with E-state index in [4.69, 9.17) is 4.74 Å². The van der Waals surface area contributed by atoms with Crippen LogP contribution in [-0.4, -0.2) is 19.5 Å². The van der Waals surface area contributed by atoms with Crippen LogP contribution >= 0.6 is 0 Å². The third-order valence-corrected chi connectivity index (χ3v) is 5.11. The summed E-state index contributed by atoms with van der Waals surface area (Å²) in [6.07, 6.45) is 5.22. The van der Waals surface area contributed by atoms with E-state index < -0.39 is 0 Å². The van der Waals surface area contributed by atoms with Crippen LogP contribution in [0.15, 0.2) is 91.6 Å². The van der Waals surface area contributed by atoms with Crippen molar-refractivity contribution in [3.8, 4) is 17.0 Å². The van der Waals surface area contributed by atoms with Gasteiger partial charge in [0.05, 0.1) is 23.7 Å². The predicted molar refractivity (Wildman–Crippen MR) is 122 cm³/mol. The number of ether oxygens (including phenoxy) is 1. The minimum absolute atomic E-state index is 0.543. The molecule has 2 heterocycles. The molecule has 2 aromatic heterocycles. The number of benzene rings is 3. The number of aryl methyl sites for hydroxylation is 1. The van der Waals surface area contributed by atoms with Crippen molar-refractivity contribution < 1.29 is 4.74 Å². The van der Waals surface area contributed by atoms with Crippen molar-refractivity contribution in [1.29, 1.82) is 0 Å². The number of hydrogen-bond acceptors (Lipinski definition) is 5. The first-order valence-electron chi connectivity index (χ1n) is 10.0. The maximum Gasteiger partial charge on any atom is 0.141 e. The number of rotatable bonds is 6. The van der Waals surface area contributed by atoms with Crippen molar-refractivity contribution in [2.24, 2.45) is 7.05 Å². The predicted octanol–water partition coefficient (Wildman–Crippen LogP) is 5.35. The first-order valence-corrected chi connectivity index (χ1v) is 10.0. The highest BCUT2D eigenvalue weighted by molar-refractivity contribution is 5.93. The normalized spacial score (nSPS) is 10.9. The van der Waals surface area contributed by atoms with Gasteiger partial charge in [0.15, 0.2) is 0 Å². The van der Waals surface area contributed by atoms with Crippen LogP contribution in [0, 0.1) is 0 Å². The van der Waals surface area contributed by atoms with E-state index in [1.807, 2.05) is 66.3 Å². The molecule has 0 unspecified atom stereocenters. The van der Waals surface area contributed by atoms with Crippen LogP contribution < -0.4 is 10.1 Å². The highest BCUT2D eigenvalue weighted by Crippen LogP contribution is 2.28. The fraction of sp³-hybridized carbons (Fsp3) is 0.0800. The van der Waals surface area contributed by atoms with Gasteiger partial charge in [0.25, 0.3) is 0 Å². The fourth-order valence-electron chi connectivity index (χ4n) is 3.46. The third kappa shape index (κ3) is 4.09. The van der Waals surface area contributed by atoms with E-state index in [9.17, 15) is 0 Å². The average Bonchev–Trinajstić information content (AvgIpc) is 3.25. The summed E-state index contributed by atoms with van der Waals surface area (Å²) in [5.74, 6) is 1.58. The Kier molecular flexibility index (Phi) is 5.02. The zero-order chi connectivity index (χ0) is 21.0. The number of hydrogen-bond donors (Lipinski definition) is 1. The molecule has 3 aromatic carbocycles. The summed E-state index contributed by atoms with van der Waals surface area (Å²) < 4.78 is 7.87. The summed E-state index contributed by atoms with van der Waals surface area (Å²) >= 11 is 0. The molecule has 152 valence electrons. The number of imidazole rings is 1. The standard InChI is InChI=1S/C25H21N5O/c1-30-17-26-14-24(30)19-7-12-23-22(13-19)25(28-16-27-23)29-20-8-10-21(11-9-20)31-15-18-5-3-2-4-6-18/h2-14,16-17H,15H2,1H3,(H,27,28,29). The lowest BCUT2D eigenvalue weighted by molar-refractivity contribution is 0.306. The van der Waals surface area contributed by atoms with Crippen LogP contribution in [0.2, 0.25) is 0 Å². The van der Waals surface area contributed by atoms with Gasteiger partial charge in [-0.3, -0.25) is 0 Å². The molecule has 0 amide bonds. The molecule has 0 atom stereocenters. The molecule has 0 saturated heterocycles. The van der Waals surface area contributed by atoms with Crippen LogP contribution in [0.4, 0.5) is 11.5 Å². The maximum atomic E-state index is 5.87. The number of nitrogens with zero attached hydrogens (tertiary/aromatic N) is 4. The van der Waals surface area contributed by atoms with Crippen LogP contribution in [0.25, 0.3) is 22.2 Å². The second-order valence-electron chi connectivity index (χ2n) is 7.27. The number of aromatic nitrogens is 4. The van der Waals surface area contributed by atoms with Gasteiger partial charge >= 0.3 is 0 Å². The maximum absolute atomic E-state index is 5.87. The monoisotopic (exact) mass is 407 g/mol. The van der Waals surface area contributed by atoms with Crippen LogP contribution in [0.1, 0.15) is 5.56 Å². The lowest BCUT2D eigenvalue weighted by Crippen LogP contribution is -1.98. The Bertz CT molecular complexity index is 1310. The second-order valence-corrected chi connectivity index (χ2v) is 7.27. The molecule has 0 fully saturated rings. The Morgan fingerprint density at radius 3 is 2.55 bits per heavy atom. The zero-order valence-corrected chi connectivity index (χ0v) is 17.1. The largest absolute Gasteiger partial charge is 0.489 e. The highest BCUT2D eigenvalue weighted by Gasteiger charge is 2.09. The van der Waals surface area contributed by atoms with E-state index in [1.165, 1.54) is 0 Å². The van der Waals surface area contributed by atoms with E-state index in [2.05, 4.69) is 44.5 Å². The molecule has 0 bridgehead atoms. The molecule has 5 aromatic rings. The molecule has 0 aliphatic carbocycles. The SMILES string of the molecule is Cn1cncc1-c1ccc2ncnc(Nc3ccc(OCc4ccccc4)cc3)c2c1. The van der Waals surface area contributed by atoms with Gasteiger partial charge in [-0.2, -0.15) is 0 Å². The molecule has 6 nitrogen and oxygen atoms in total.